The summed E-state index contributed by atoms with van der Waals surface area (Å²) in [5.74, 6) is 0.0392. The summed E-state index contributed by atoms with van der Waals surface area (Å²) in [6, 6.07) is 15.5. The Morgan fingerprint density at radius 1 is 1.09 bits per heavy atom. The SMILES string of the molecule is COc1ccc(/C=C(\C#N)C(=O)Nc2ccc(Cl)c([N+](=O)[O-])c2)cc1OCc1ccc(Cl)cc1Cl. The summed E-state index contributed by atoms with van der Waals surface area (Å²) in [7, 11) is 1.48. The highest BCUT2D eigenvalue weighted by Crippen LogP contribution is 2.31. The molecule has 0 spiro atoms. The van der Waals surface area contributed by atoms with E-state index in [1.165, 1.54) is 25.3 Å². The summed E-state index contributed by atoms with van der Waals surface area (Å²) >= 11 is 17.9. The fourth-order valence-electron chi connectivity index (χ4n) is 2.93. The molecule has 0 fully saturated rings. The third-order valence-electron chi connectivity index (χ3n) is 4.66. The standard InChI is InChI=1S/C24H16Cl3N3O5/c1-34-22-7-2-14(9-23(22)35-13-15-3-4-17(25)10-20(15)27)8-16(12-28)24(31)29-18-5-6-19(26)21(11-18)30(32)33/h2-11H,13H2,1H3,(H,29,31)/b16-8+. The van der Waals surface area contributed by atoms with Crippen LogP contribution in [0.1, 0.15) is 11.1 Å². The van der Waals surface area contributed by atoms with Crippen molar-refractivity contribution in [1.82, 2.24) is 0 Å². The molecule has 1 N–H and O–H groups in total. The van der Waals surface area contributed by atoms with Crippen LogP contribution in [0.3, 0.4) is 0 Å². The second-order valence-corrected chi connectivity index (χ2v) is 8.23. The maximum atomic E-state index is 12.6. The number of nitriles is 1. The summed E-state index contributed by atoms with van der Waals surface area (Å²) in [4.78, 5) is 23.0. The highest BCUT2D eigenvalue weighted by Gasteiger charge is 2.16. The molecule has 0 atom stereocenters. The zero-order valence-corrected chi connectivity index (χ0v) is 20.3. The normalized spacial score (nSPS) is 10.9. The molecule has 3 rings (SSSR count). The number of nitrogens with one attached hydrogen (secondary N) is 1. The summed E-state index contributed by atoms with van der Waals surface area (Å²) < 4.78 is 11.2. The van der Waals surface area contributed by atoms with Gasteiger partial charge in [0.25, 0.3) is 11.6 Å². The van der Waals surface area contributed by atoms with Gasteiger partial charge in [-0.2, -0.15) is 5.26 Å². The van der Waals surface area contributed by atoms with E-state index in [-0.39, 0.29) is 28.6 Å². The monoisotopic (exact) mass is 531 g/mol. The fourth-order valence-corrected chi connectivity index (χ4v) is 3.58. The zero-order valence-electron chi connectivity index (χ0n) is 18.1. The lowest BCUT2D eigenvalue weighted by Gasteiger charge is -2.12. The van der Waals surface area contributed by atoms with Crippen molar-refractivity contribution in [2.75, 3.05) is 12.4 Å². The van der Waals surface area contributed by atoms with E-state index in [2.05, 4.69) is 5.32 Å². The first kappa shape index (κ1) is 25.8. The van der Waals surface area contributed by atoms with Crippen molar-refractivity contribution in [3.63, 3.8) is 0 Å². The third-order valence-corrected chi connectivity index (χ3v) is 5.57. The molecular formula is C24H16Cl3N3O5. The number of hydrogen-bond acceptors (Lipinski definition) is 6. The summed E-state index contributed by atoms with van der Waals surface area (Å²) in [6.45, 7) is 0.125. The molecule has 11 heteroatoms. The van der Waals surface area contributed by atoms with Gasteiger partial charge in [-0.3, -0.25) is 14.9 Å². The molecule has 178 valence electrons. The van der Waals surface area contributed by atoms with Crippen LogP contribution in [0.15, 0.2) is 60.2 Å². The first-order valence-electron chi connectivity index (χ1n) is 9.83. The van der Waals surface area contributed by atoms with E-state index >= 15 is 0 Å². The zero-order chi connectivity index (χ0) is 25.5. The van der Waals surface area contributed by atoms with Gasteiger partial charge in [0.05, 0.1) is 12.0 Å². The van der Waals surface area contributed by atoms with E-state index in [1.807, 2.05) is 6.07 Å². The van der Waals surface area contributed by atoms with Crippen molar-refractivity contribution in [2.45, 2.75) is 6.61 Å². The molecular weight excluding hydrogens is 517 g/mol. The largest absolute Gasteiger partial charge is 0.493 e. The Labute approximate surface area is 215 Å². The molecule has 0 aromatic heterocycles. The maximum Gasteiger partial charge on any atom is 0.289 e. The van der Waals surface area contributed by atoms with Crippen LogP contribution in [0, 0.1) is 21.4 Å². The lowest BCUT2D eigenvalue weighted by atomic mass is 10.1. The average Bonchev–Trinajstić information content (AvgIpc) is 2.83. The fraction of sp³-hybridized carbons (Fsp3) is 0.0833. The molecule has 0 bridgehead atoms. The number of nitrogens with zero attached hydrogens (tertiary/aromatic N) is 2. The minimum atomic E-state index is -0.754. The molecule has 1 amide bonds. The van der Waals surface area contributed by atoms with Gasteiger partial charge >= 0.3 is 0 Å². The minimum Gasteiger partial charge on any atom is -0.493 e. The molecule has 3 aromatic carbocycles. The molecule has 35 heavy (non-hydrogen) atoms. The van der Waals surface area contributed by atoms with Crippen LogP contribution >= 0.6 is 34.8 Å². The van der Waals surface area contributed by atoms with Gasteiger partial charge in [-0.15, -0.1) is 0 Å². The van der Waals surface area contributed by atoms with Crippen molar-refractivity contribution in [3.8, 4) is 17.6 Å². The van der Waals surface area contributed by atoms with Gasteiger partial charge in [0.1, 0.15) is 23.3 Å². The number of methoxy groups -OCH3 is 1. The summed E-state index contributed by atoms with van der Waals surface area (Å²) in [5.41, 5.74) is 0.694. The van der Waals surface area contributed by atoms with Crippen LogP contribution in [0.2, 0.25) is 15.1 Å². The van der Waals surface area contributed by atoms with Crippen molar-refractivity contribution in [1.29, 1.82) is 5.26 Å². The first-order chi connectivity index (χ1) is 16.7. The number of amides is 1. The van der Waals surface area contributed by atoms with Gasteiger partial charge in [-0.25, -0.2) is 0 Å². The van der Waals surface area contributed by atoms with E-state index in [0.717, 1.165) is 6.07 Å². The van der Waals surface area contributed by atoms with Crippen LogP contribution in [-0.4, -0.2) is 17.9 Å². The molecule has 0 unspecified atom stereocenters. The van der Waals surface area contributed by atoms with E-state index < -0.39 is 10.8 Å². The van der Waals surface area contributed by atoms with Gasteiger partial charge in [0.15, 0.2) is 11.5 Å². The highest BCUT2D eigenvalue weighted by atomic mass is 35.5. The number of carbonyl (C=O) groups is 1. The van der Waals surface area contributed by atoms with E-state index in [9.17, 15) is 20.2 Å². The number of rotatable bonds is 8. The maximum absolute atomic E-state index is 12.6. The van der Waals surface area contributed by atoms with Gasteiger partial charge in [0, 0.05) is 27.4 Å². The third kappa shape index (κ3) is 6.64. The molecule has 0 saturated carbocycles. The quantitative estimate of drug-likeness (QED) is 0.150. The number of ether oxygens (including phenoxy) is 2. The van der Waals surface area contributed by atoms with Crippen LogP contribution in [0.4, 0.5) is 11.4 Å². The Morgan fingerprint density at radius 2 is 1.86 bits per heavy atom. The molecule has 0 saturated heterocycles. The molecule has 8 nitrogen and oxygen atoms in total. The van der Waals surface area contributed by atoms with Gasteiger partial charge in [-0.1, -0.05) is 46.9 Å². The topological polar surface area (TPSA) is 114 Å². The summed E-state index contributed by atoms with van der Waals surface area (Å²) in [6.07, 6.45) is 1.35. The van der Waals surface area contributed by atoms with Gasteiger partial charge in [-0.05, 0) is 48.0 Å². The van der Waals surface area contributed by atoms with Crippen LogP contribution in [-0.2, 0) is 11.4 Å². The Morgan fingerprint density at radius 3 is 2.51 bits per heavy atom. The number of halogens is 3. The smallest absolute Gasteiger partial charge is 0.289 e. The molecule has 3 aromatic rings. The van der Waals surface area contributed by atoms with Crippen LogP contribution in [0.25, 0.3) is 6.08 Å². The predicted octanol–water partition coefficient (Wildman–Crippen LogP) is 6.69. The number of hydrogen-bond donors (Lipinski definition) is 1. The predicted molar refractivity (Wildman–Crippen MR) is 134 cm³/mol. The Hall–Kier alpha value is -3.77. The Kier molecular flexibility index (Phi) is 8.55. The van der Waals surface area contributed by atoms with Gasteiger partial charge in [0.2, 0.25) is 0 Å². The van der Waals surface area contributed by atoms with Crippen molar-refractivity contribution in [2.24, 2.45) is 0 Å². The number of nitro benzene ring substituents is 1. The van der Waals surface area contributed by atoms with E-state index in [0.29, 0.717) is 32.7 Å². The lowest BCUT2D eigenvalue weighted by Crippen LogP contribution is -2.13. The van der Waals surface area contributed by atoms with Gasteiger partial charge < -0.3 is 14.8 Å². The Bertz CT molecular complexity index is 1370. The second-order valence-electron chi connectivity index (χ2n) is 6.98. The van der Waals surface area contributed by atoms with Crippen molar-refractivity contribution in [3.05, 3.63) is 96.5 Å². The Balaban J connectivity index is 1.82. The molecule has 0 radical (unpaired) electrons. The van der Waals surface area contributed by atoms with Crippen molar-refractivity contribution >= 4 is 58.2 Å². The van der Waals surface area contributed by atoms with Crippen LogP contribution in [0.5, 0.6) is 11.5 Å². The van der Waals surface area contributed by atoms with Crippen LogP contribution < -0.4 is 14.8 Å². The highest BCUT2D eigenvalue weighted by molar-refractivity contribution is 6.35. The lowest BCUT2D eigenvalue weighted by molar-refractivity contribution is -0.384. The average molecular weight is 533 g/mol. The molecule has 0 aliphatic rings. The number of benzene rings is 3. The van der Waals surface area contributed by atoms with Crippen molar-refractivity contribution < 1.29 is 19.2 Å². The number of anilines is 1. The minimum absolute atomic E-state index is 0.0744. The molecule has 0 aliphatic carbocycles. The van der Waals surface area contributed by atoms with E-state index in [1.54, 1.807) is 36.4 Å². The molecule has 0 aliphatic heterocycles. The second kappa shape index (κ2) is 11.6. The number of carbonyl (C=O) groups excluding carboxylic acids is 1. The number of nitro groups is 1. The first-order valence-corrected chi connectivity index (χ1v) is 11.0. The van der Waals surface area contributed by atoms with E-state index in [4.69, 9.17) is 44.3 Å². The molecule has 0 heterocycles. The summed E-state index contributed by atoms with van der Waals surface area (Å²) in [5, 5.41) is 23.9.